The maximum absolute atomic E-state index is 13.1. The summed E-state index contributed by atoms with van der Waals surface area (Å²) < 4.78 is 26.2. The Morgan fingerprint density at radius 3 is 2.55 bits per heavy atom. The van der Waals surface area contributed by atoms with Gasteiger partial charge in [0.2, 0.25) is 0 Å². The van der Waals surface area contributed by atoms with Crippen LogP contribution in [-0.4, -0.2) is 35.9 Å². The van der Waals surface area contributed by atoms with E-state index in [0.717, 1.165) is 12.1 Å². The summed E-state index contributed by atoms with van der Waals surface area (Å²) in [6.07, 6.45) is 2.24. The van der Waals surface area contributed by atoms with Crippen LogP contribution in [0.5, 0.6) is 0 Å². The number of alkyl halides is 2. The summed E-state index contributed by atoms with van der Waals surface area (Å²) in [6, 6.07) is 7.86. The topological polar surface area (TPSA) is 32.3 Å². The molecule has 0 atom stereocenters. The fourth-order valence-electron chi connectivity index (χ4n) is 2.41. The summed E-state index contributed by atoms with van der Waals surface area (Å²) in [6.45, 7) is 0.467. The van der Waals surface area contributed by atoms with Gasteiger partial charge in [-0.15, -0.1) is 0 Å². The number of halogens is 2. The molecule has 1 saturated carbocycles. The third-order valence-corrected chi connectivity index (χ3v) is 3.83. The molecule has 1 aliphatic heterocycles. The van der Waals surface area contributed by atoms with Crippen LogP contribution < -0.4 is 5.32 Å². The molecule has 1 aliphatic carbocycles. The summed E-state index contributed by atoms with van der Waals surface area (Å²) in [5.74, 6) is -3.03. The molecule has 1 amide bonds. The van der Waals surface area contributed by atoms with Gasteiger partial charge < -0.3 is 10.2 Å². The van der Waals surface area contributed by atoms with E-state index in [0.29, 0.717) is 11.6 Å². The second-order valence-corrected chi connectivity index (χ2v) is 5.68. The van der Waals surface area contributed by atoms with Crippen LogP contribution >= 0.6 is 0 Å². The Balaban J connectivity index is 1.60. The van der Waals surface area contributed by atoms with Crippen molar-refractivity contribution in [3.8, 4) is 0 Å². The van der Waals surface area contributed by atoms with Crippen LogP contribution in [0.4, 0.5) is 8.78 Å². The first kappa shape index (κ1) is 13.5. The first-order valence-electron chi connectivity index (χ1n) is 7.03. The molecule has 0 spiro atoms. The molecule has 1 aromatic rings. The van der Waals surface area contributed by atoms with Crippen molar-refractivity contribution < 1.29 is 13.6 Å². The summed E-state index contributed by atoms with van der Waals surface area (Å²) in [4.78, 5) is 13.3. The van der Waals surface area contributed by atoms with Crippen molar-refractivity contribution in [2.75, 3.05) is 13.1 Å². The van der Waals surface area contributed by atoms with Crippen molar-refractivity contribution in [2.24, 2.45) is 0 Å². The predicted octanol–water partition coefficient (Wildman–Crippen LogP) is 2.42. The van der Waals surface area contributed by atoms with E-state index in [1.165, 1.54) is 17.7 Å². The Bertz CT molecular complexity index is 497. The largest absolute Gasteiger partial charge is 0.332 e. The lowest BCUT2D eigenvalue weighted by Crippen LogP contribution is -2.31. The van der Waals surface area contributed by atoms with Gasteiger partial charge in [-0.3, -0.25) is 4.79 Å². The first-order valence-corrected chi connectivity index (χ1v) is 7.03. The summed E-state index contributed by atoms with van der Waals surface area (Å²) in [7, 11) is 0. The van der Waals surface area contributed by atoms with E-state index in [2.05, 4.69) is 5.32 Å². The first-order chi connectivity index (χ1) is 9.53. The molecular formula is C15H18F2N2O. The van der Waals surface area contributed by atoms with Crippen molar-refractivity contribution in [3.63, 3.8) is 0 Å². The van der Waals surface area contributed by atoms with E-state index in [4.69, 9.17) is 0 Å². The normalized spacial score (nSPS) is 21.2. The summed E-state index contributed by atoms with van der Waals surface area (Å²) >= 11 is 0. The molecule has 0 radical (unpaired) electrons. The number of rotatable bonds is 4. The summed E-state index contributed by atoms with van der Waals surface area (Å²) in [5, 5.41) is 3.39. The van der Waals surface area contributed by atoms with Crippen molar-refractivity contribution in [1.29, 1.82) is 0 Å². The quantitative estimate of drug-likeness (QED) is 0.918. The number of carbonyl (C=O) groups excluding carboxylic acids is 1. The molecule has 2 aliphatic rings. The van der Waals surface area contributed by atoms with Crippen LogP contribution in [0.1, 0.15) is 35.2 Å². The van der Waals surface area contributed by atoms with Gasteiger partial charge in [0.05, 0.1) is 6.54 Å². The number of amides is 1. The minimum absolute atomic E-state index is 0.136. The Morgan fingerprint density at radius 1 is 1.30 bits per heavy atom. The molecule has 1 aromatic carbocycles. The van der Waals surface area contributed by atoms with Gasteiger partial charge in [0, 0.05) is 31.1 Å². The highest BCUT2D eigenvalue weighted by molar-refractivity contribution is 5.94. The summed E-state index contributed by atoms with van der Waals surface area (Å²) in [5.41, 5.74) is 1.60. The zero-order chi connectivity index (χ0) is 14.2. The van der Waals surface area contributed by atoms with Gasteiger partial charge in [0.15, 0.2) is 0 Å². The van der Waals surface area contributed by atoms with E-state index in [9.17, 15) is 13.6 Å². The molecule has 1 saturated heterocycles. The van der Waals surface area contributed by atoms with Crippen LogP contribution in [-0.2, 0) is 6.54 Å². The third kappa shape index (κ3) is 3.15. The van der Waals surface area contributed by atoms with E-state index in [-0.39, 0.29) is 18.9 Å². The average molecular weight is 280 g/mol. The second kappa shape index (κ2) is 5.13. The van der Waals surface area contributed by atoms with Gasteiger partial charge in [-0.25, -0.2) is 8.78 Å². The minimum atomic E-state index is -2.73. The van der Waals surface area contributed by atoms with Crippen LogP contribution in [0, 0.1) is 0 Å². The van der Waals surface area contributed by atoms with Gasteiger partial charge in [-0.05, 0) is 30.5 Å². The zero-order valence-electron chi connectivity index (χ0n) is 11.2. The maximum atomic E-state index is 13.1. The Labute approximate surface area is 117 Å². The number of hydrogen-bond acceptors (Lipinski definition) is 2. The lowest BCUT2D eigenvalue weighted by atomic mass is 10.1. The van der Waals surface area contributed by atoms with Crippen LogP contribution in [0.15, 0.2) is 24.3 Å². The molecule has 0 aromatic heterocycles. The van der Waals surface area contributed by atoms with Gasteiger partial charge in [-0.2, -0.15) is 0 Å². The number of benzene rings is 1. The number of likely N-dealkylation sites (tertiary alicyclic amines) is 1. The zero-order valence-corrected chi connectivity index (χ0v) is 11.2. The van der Waals surface area contributed by atoms with Gasteiger partial charge in [-0.1, -0.05) is 12.1 Å². The average Bonchev–Trinajstić information content (AvgIpc) is 3.19. The molecule has 2 fully saturated rings. The Kier molecular flexibility index (Phi) is 3.46. The minimum Gasteiger partial charge on any atom is -0.332 e. The third-order valence-electron chi connectivity index (χ3n) is 3.83. The number of nitrogens with one attached hydrogen (secondary N) is 1. The van der Waals surface area contributed by atoms with E-state index < -0.39 is 12.5 Å². The molecular weight excluding hydrogens is 262 g/mol. The maximum Gasteiger partial charge on any atom is 0.267 e. The standard InChI is InChI=1S/C15H18F2N2O/c16-15(17)7-8-19(10-15)14(20)12-3-1-11(2-4-12)9-18-13-5-6-13/h1-4,13,18H,5-10H2. The van der Waals surface area contributed by atoms with Gasteiger partial charge in [0.1, 0.15) is 0 Å². The predicted molar refractivity (Wildman–Crippen MR) is 71.8 cm³/mol. The highest BCUT2D eigenvalue weighted by atomic mass is 19.3. The number of carbonyl (C=O) groups is 1. The van der Waals surface area contributed by atoms with E-state index >= 15 is 0 Å². The van der Waals surface area contributed by atoms with E-state index in [1.807, 2.05) is 12.1 Å². The van der Waals surface area contributed by atoms with Crippen LogP contribution in [0.25, 0.3) is 0 Å². The molecule has 1 N–H and O–H groups in total. The molecule has 20 heavy (non-hydrogen) atoms. The lowest BCUT2D eigenvalue weighted by Gasteiger charge is -2.16. The highest BCUT2D eigenvalue weighted by Gasteiger charge is 2.40. The van der Waals surface area contributed by atoms with Gasteiger partial charge in [0.25, 0.3) is 11.8 Å². The fraction of sp³-hybridized carbons (Fsp3) is 0.533. The molecule has 0 unspecified atom stereocenters. The molecule has 5 heteroatoms. The van der Waals surface area contributed by atoms with Crippen molar-refractivity contribution in [2.45, 2.75) is 37.8 Å². The smallest absolute Gasteiger partial charge is 0.267 e. The lowest BCUT2D eigenvalue weighted by molar-refractivity contribution is 0.0120. The van der Waals surface area contributed by atoms with Crippen molar-refractivity contribution in [1.82, 2.24) is 10.2 Å². The van der Waals surface area contributed by atoms with E-state index in [1.54, 1.807) is 12.1 Å². The van der Waals surface area contributed by atoms with Crippen LogP contribution in [0.3, 0.4) is 0 Å². The monoisotopic (exact) mass is 280 g/mol. The SMILES string of the molecule is O=C(c1ccc(CNC2CC2)cc1)N1CCC(F)(F)C1. The fourth-order valence-corrected chi connectivity index (χ4v) is 2.41. The van der Waals surface area contributed by atoms with Crippen molar-refractivity contribution >= 4 is 5.91 Å². The highest BCUT2D eigenvalue weighted by Crippen LogP contribution is 2.27. The molecule has 3 rings (SSSR count). The van der Waals surface area contributed by atoms with Crippen LogP contribution in [0.2, 0.25) is 0 Å². The second-order valence-electron chi connectivity index (χ2n) is 5.68. The van der Waals surface area contributed by atoms with Gasteiger partial charge >= 0.3 is 0 Å². The number of nitrogens with zero attached hydrogens (tertiary/aromatic N) is 1. The molecule has 1 heterocycles. The molecule has 3 nitrogen and oxygen atoms in total. The molecule has 108 valence electrons. The Hall–Kier alpha value is -1.49. The Morgan fingerprint density at radius 2 is 2.00 bits per heavy atom. The molecule has 0 bridgehead atoms. The number of hydrogen-bond donors (Lipinski definition) is 1. The van der Waals surface area contributed by atoms with Crippen molar-refractivity contribution in [3.05, 3.63) is 35.4 Å².